The third kappa shape index (κ3) is 1.86. The quantitative estimate of drug-likeness (QED) is 0.886. The Bertz CT molecular complexity index is 630. The van der Waals surface area contributed by atoms with Crippen LogP contribution in [0, 0.1) is 18.8 Å². The second-order valence-corrected chi connectivity index (χ2v) is 7.38. The molecule has 0 amide bonds. The van der Waals surface area contributed by atoms with Crippen LogP contribution >= 0.6 is 11.3 Å². The van der Waals surface area contributed by atoms with Crippen molar-refractivity contribution < 1.29 is 0 Å². The summed E-state index contributed by atoms with van der Waals surface area (Å²) in [5.41, 5.74) is 4.71. The molecule has 0 bridgehead atoms. The van der Waals surface area contributed by atoms with Crippen LogP contribution in [-0.4, -0.2) is 7.05 Å². The topological polar surface area (TPSA) is 12.0 Å². The minimum atomic E-state index is 0.529. The van der Waals surface area contributed by atoms with Gasteiger partial charge in [0.05, 0.1) is 0 Å². The minimum absolute atomic E-state index is 0.529. The molecule has 0 spiro atoms. The molecular weight excluding hydrogens is 262 g/mol. The molecule has 4 rings (SSSR count). The number of aryl methyl sites for hydroxylation is 2. The number of hydrogen-bond acceptors (Lipinski definition) is 2. The second-order valence-electron chi connectivity index (χ2n) is 6.26. The third-order valence-corrected chi connectivity index (χ3v) is 6.08. The van der Waals surface area contributed by atoms with Crippen molar-refractivity contribution in [3.63, 3.8) is 0 Å². The smallest absolute Gasteiger partial charge is 0.0363 e. The highest BCUT2D eigenvalue weighted by molar-refractivity contribution is 7.10. The Morgan fingerprint density at radius 2 is 2.15 bits per heavy atom. The number of hydrogen-bond donors (Lipinski definition) is 1. The van der Waals surface area contributed by atoms with Crippen LogP contribution in [0.25, 0.3) is 0 Å². The zero-order chi connectivity index (χ0) is 13.7. The highest BCUT2D eigenvalue weighted by Crippen LogP contribution is 2.64. The molecule has 1 heterocycles. The van der Waals surface area contributed by atoms with Crippen molar-refractivity contribution in [3.05, 3.63) is 57.3 Å². The van der Waals surface area contributed by atoms with Crippen LogP contribution < -0.4 is 5.32 Å². The van der Waals surface area contributed by atoms with Crippen LogP contribution in [0.5, 0.6) is 0 Å². The van der Waals surface area contributed by atoms with Gasteiger partial charge in [-0.1, -0.05) is 24.3 Å². The van der Waals surface area contributed by atoms with E-state index in [0.29, 0.717) is 6.04 Å². The van der Waals surface area contributed by atoms with Crippen LogP contribution in [0.15, 0.2) is 35.7 Å². The summed E-state index contributed by atoms with van der Waals surface area (Å²) in [4.78, 5) is 1.42. The summed E-state index contributed by atoms with van der Waals surface area (Å²) in [5.74, 6) is 2.47. The molecule has 2 aliphatic carbocycles. The van der Waals surface area contributed by atoms with Crippen LogP contribution in [0.2, 0.25) is 0 Å². The van der Waals surface area contributed by atoms with E-state index in [1.807, 2.05) is 11.3 Å². The number of fused-ring (bicyclic) bond motifs is 3. The van der Waals surface area contributed by atoms with Gasteiger partial charge in [0, 0.05) is 10.9 Å². The zero-order valence-corrected chi connectivity index (χ0v) is 12.9. The predicted octanol–water partition coefficient (Wildman–Crippen LogP) is 4.29. The molecule has 1 nitrogen and oxygen atoms in total. The molecule has 1 saturated carbocycles. The van der Waals surface area contributed by atoms with E-state index in [0.717, 1.165) is 17.8 Å². The Kier molecular flexibility index (Phi) is 2.97. The van der Waals surface area contributed by atoms with E-state index >= 15 is 0 Å². The molecular formula is C18H21NS. The van der Waals surface area contributed by atoms with Crippen molar-refractivity contribution in [2.75, 3.05) is 7.05 Å². The second kappa shape index (κ2) is 4.71. The number of thiophene rings is 1. The van der Waals surface area contributed by atoms with Crippen LogP contribution in [0.1, 0.15) is 39.9 Å². The van der Waals surface area contributed by atoms with E-state index in [9.17, 15) is 0 Å². The van der Waals surface area contributed by atoms with E-state index < -0.39 is 0 Å². The van der Waals surface area contributed by atoms with E-state index in [4.69, 9.17) is 0 Å². The Hall–Kier alpha value is -1.12. The maximum Gasteiger partial charge on any atom is 0.0363 e. The lowest BCUT2D eigenvalue weighted by Gasteiger charge is -2.15. The highest BCUT2D eigenvalue weighted by atomic mass is 32.1. The summed E-state index contributed by atoms with van der Waals surface area (Å²) in [6.45, 7) is 2.20. The van der Waals surface area contributed by atoms with Gasteiger partial charge in [-0.25, -0.2) is 0 Å². The molecule has 1 aromatic heterocycles. The lowest BCUT2D eigenvalue weighted by atomic mass is 9.92. The van der Waals surface area contributed by atoms with Crippen molar-refractivity contribution in [2.24, 2.45) is 11.8 Å². The Morgan fingerprint density at radius 1 is 1.30 bits per heavy atom. The van der Waals surface area contributed by atoms with Gasteiger partial charge < -0.3 is 5.32 Å². The molecule has 20 heavy (non-hydrogen) atoms. The Morgan fingerprint density at radius 3 is 2.90 bits per heavy atom. The molecule has 1 fully saturated rings. The monoisotopic (exact) mass is 283 g/mol. The van der Waals surface area contributed by atoms with Gasteiger partial charge in [0.25, 0.3) is 0 Å². The van der Waals surface area contributed by atoms with Crippen molar-refractivity contribution in [3.8, 4) is 0 Å². The van der Waals surface area contributed by atoms with E-state index in [1.165, 1.54) is 23.3 Å². The van der Waals surface area contributed by atoms with Gasteiger partial charge in [-0.3, -0.25) is 0 Å². The fourth-order valence-electron chi connectivity index (χ4n) is 4.28. The van der Waals surface area contributed by atoms with Gasteiger partial charge in [-0.2, -0.15) is 0 Å². The maximum absolute atomic E-state index is 3.59. The van der Waals surface area contributed by atoms with E-state index in [1.54, 1.807) is 11.1 Å². The Balaban J connectivity index is 1.65. The molecule has 0 radical (unpaired) electrons. The summed E-state index contributed by atoms with van der Waals surface area (Å²) >= 11 is 1.87. The number of nitrogens with one attached hydrogen (secondary N) is 1. The van der Waals surface area contributed by atoms with Gasteiger partial charge in [-0.05, 0) is 72.7 Å². The Labute approximate surface area is 125 Å². The van der Waals surface area contributed by atoms with Gasteiger partial charge in [0.2, 0.25) is 0 Å². The summed E-state index contributed by atoms with van der Waals surface area (Å²) in [5, 5.41) is 5.93. The largest absolute Gasteiger partial charge is 0.313 e. The van der Waals surface area contributed by atoms with Crippen LogP contribution in [0.4, 0.5) is 0 Å². The van der Waals surface area contributed by atoms with Crippen molar-refractivity contribution in [1.29, 1.82) is 0 Å². The summed E-state index contributed by atoms with van der Waals surface area (Å²) in [7, 11) is 2.12. The first kappa shape index (κ1) is 12.6. The molecule has 1 N–H and O–H groups in total. The van der Waals surface area contributed by atoms with Crippen LogP contribution in [0.3, 0.4) is 0 Å². The molecule has 4 unspecified atom stereocenters. The summed E-state index contributed by atoms with van der Waals surface area (Å²) in [6, 6.07) is 12.0. The molecule has 4 atom stereocenters. The lowest BCUT2D eigenvalue weighted by molar-refractivity contribution is 0.486. The molecule has 0 aliphatic heterocycles. The fourth-order valence-corrected chi connectivity index (χ4v) is 5.02. The molecule has 0 saturated heterocycles. The SMILES string of the molecule is CNC(c1csc(C)c1)C1C2CCc3ccccc3C21. The molecule has 2 aromatic rings. The van der Waals surface area contributed by atoms with Gasteiger partial charge in [-0.15, -0.1) is 11.3 Å². The number of benzene rings is 1. The summed E-state index contributed by atoms with van der Waals surface area (Å²) < 4.78 is 0. The normalized spacial score (nSPS) is 28.6. The molecule has 2 heteroatoms. The van der Waals surface area contributed by atoms with Gasteiger partial charge in [0.15, 0.2) is 0 Å². The average Bonchev–Trinajstić information content (AvgIpc) is 3.05. The standard InChI is InChI=1S/C18H21NS/c1-11-9-13(10-20-11)18(19-2)17-15-8-7-12-5-3-4-6-14(12)16(15)17/h3-6,9-10,15-19H,7-8H2,1-2H3. The lowest BCUT2D eigenvalue weighted by Crippen LogP contribution is -2.19. The van der Waals surface area contributed by atoms with Crippen molar-refractivity contribution in [2.45, 2.75) is 31.7 Å². The maximum atomic E-state index is 3.59. The first-order valence-corrected chi connectivity index (χ1v) is 8.47. The van der Waals surface area contributed by atoms with Gasteiger partial charge >= 0.3 is 0 Å². The average molecular weight is 283 g/mol. The van der Waals surface area contributed by atoms with E-state index in [-0.39, 0.29) is 0 Å². The van der Waals surface area contributed by atoms with Crippen molar-refractivity contribution in [1.82, 2.24) is 5.32 Å². The fraction of sp³-hybridized carbons (Fsp3) is 0.444. The first-order valence-electron chi connectivity index (χ1n) is 7.59. The predicted molar refractivity (Wildman–Crippen MR) is 85.3 cm³/mol. The first-order chi connectivity index (χ1) is 9.79. The minimum Gasteiger partial charge on any atom is -0.313 e. The third-order valence-electron chi connectivity index (χ3n) is 5.20. The van der Waals surface area contributed by atoms with Gasteiger partial charge in [0.1, 0.15) is 0 Å². The summed E-state index contributed by atoms with van der Waals surface area (Å²) in [6.07, 6.45) is 2.64. The van der Waals surface area contributed by atoms with Crippen LogP contribution in [-0.2, 0) is 6.42 Å². The molecule has 1 aromatic carbocycles. The molecule has 104 valence electrons. The van der Waals surface area contributed by atoms with Crippen molar-refractivity contribution >= 4 is 11.3 Å². The molecule has 2 aliphatic rings. The number of rotatable bonds is 3. The zero-order valence-electron chi connectivity index (χ0n) is 12.1. The van der Waals surface area contributed by atoms with E-state index in [2.05, 4.69) is 55.0 Å². The highest BCUT2D eigenvalue weighted by Gasteiger charge is 2.56.